The van der Waals surface area contributed by atoms with Gasteiger partial charge in [0.2, 0.25) is 0 Å². The summed E-state index contributed by atoms with van der Waals surface area (Å²) in [6.07, 6.45) is 3.76. The zero-order chi connectivity index (χ0) is 27.1. The number of allylic oxidation sites excluding steroid dienone is 1. The summed E-state index contributed by atoms with van der Waals surface area (Å²) in [4.78, 5) is 19.8. The fourth-order valence-electron chi connectivity index (χ4n) is 5.58. The number of benzene rings is 4. The van der Waals surface area contributed by atoms with Crippen LogP contribution in [0.4, 0.5) is 0 Å². The van der Waals surface area contributed by atoms with Crippen LogP contribution in [0.15, 0.2) is 118 Å². The molecule has 0 bridgehead atoms. The molecule has 2 aliphatic rings. The number of nitrogens with zero attached hydrogens (tertiary/aromatic N) is 2. The molecule has 0 saturated heterocycles. The molecule has 1 aliphatic heterocycles. The van der Waals surface area contributed by atoms with Crippen molar-refractivity contribution >= 4 is 34.7 Å². The Bertz CT molecular complexity index is 1960. The Morgan fingerprint density at radius 1 is 0.925 bits per heavy atom. The number of ether oxygens (including phenoxy) is 1. The highest BCUT2D eigenvalue weighted by Gasteiger charge is 2.32. The maximum atomic E-state index is 14.0. The Morgan fingerprint density at radius 3 is 2.60 bits per heavy atom. The number of fused-ring (bicyclic) bond motifs is 3. The lowest BCUT2D eigenvalue weighted by Gasteiger charge is -2.30. The molecule has 1 atom stereocenters. The molecular weight excluding hydrogens is 536 g/mol. The van der Waals surface area contributed by atoms with Gasteiger partial charge in [-0.3, -0.25) is 9.36 Å². The first-order valence-electron chi connectivity index (χ1n) is 13.3. The second-order valence-corrected chi connectivity index (χ2v) is 11.4. The van der Waals surface area contributed by atoms with Crippen LogP contribution in [0.3, 0.4) is 0 Å². The second kappa shape index (κ2) is 10.4. The minimum atomic E-state index is -0.173. The van der Waals surface area contributed by atoms with Crippen LogP contribution in [0.25, 0.3) is 11.8 Å². The lowest BCUT2D eigenvalue weighted by atomic mass is 9.83. The lowest BCUT2D eigenvalue weighted by Crippen LogP contribution is -2.38. The van der Waals surface area contributed by atoms with Gasteiger partial charge in [0, 0.05) is 16.1 Å². The molecule has 0 unspecified atom stereocenters. The minimum absolute atomic E-state index is 0.0228. The number of hydrogen-bond donors (Lipinski definition) is 0. The van der Waals surface area contributed by atoms with E-state index in [1.807, 2.05) is 77.4 Å². The van der Waals surface area contributed by atoms with Gasteiger partial charge in [0.05, 0.1) is 16.3 Å². The third kappa shape index (κ3) is 4.51. The van der Waals surface area contributed by atoms with E-state index < -0.39 is 0 Å². The summed E-state index contributed by atoms with van der Waals surface area (Å²) < 4.78 is 8.56. The summed E-state index contributed by atoms with van der Waals surface area (Å²) in [6.45, 7) is 0.370. The van der Waals surface area contributed by atoms with Crippen LogP contribution in [-0.4, -0.2) is 4.57 Å². The van der Waals surface area contributed by atoms with Crippen LogP contribution < -0.4 is 19.6 Å². The fourth-order valence-corrected chi connectivity index (χ4v) is 6.77. The maximum Gasteiger partial charge on any atom is 0.271 e. The largest absolute Gasteiger partial charge is 0.489 e. The third-order valence-corrected chi connectivity index (χ3v) is 8.85. The van der Waals surface area contributed by atoms with Crippen LogP contribution in [0.2, 0.25) is 5.02 Å². The van der Waals surface area contributed by atoms with Crippen molar-refractivity contribution in [2.45, 2.75) is 25.5 Å². The molecule has 0 N–H and O–H groups in total. The number of halogens is 1. The highest BCUT2D eigenvalue weighted by atomic mass is 35.5. The van der Waals surface area contributed by atoms with E-state index in [9.17, 15) is 4.79 Å². The molecule has 7 rings (SSSR count). The van der Waals surface area contributed by atoms with Gasteiger partial charge in [0.15, 0.2) is 4.80 Å². The number of aryl methyl sites for hydroxylation is 1. The monoisotopic (exact) mass is 560 g/mol. The Balaban J connectivity index is 1.31. The molecule has 1 aromatic heterocycles. The van der Waals surface area contributed by atoms with Gasteiger partial charge in [-0.05, 0) is 59.4 Å². The molecule has 0 radical (unpaired) electrons. The molecule has 0 fully saturated rings. The van der Waals surface area contributed by atoms with Gasteiger partial charge in [-0.25, -0.2) is 4.99 Å². The van der Waals surface area contributed by atoms with Gasteiger partial charge in [-0.2, -0.15) is 0 Å². The smallest absolute Gasteiger partial charge is 0.271 e. The molecule has 0 amide bonds. The quantitative estimate of drug-likeness (QED) is 0.245. The van der Waals surface area contributed by atoms with Crippen molar-refractivity contribution < 1.29 is 4.74 Å². The summed E-state index contributed by atoms with van der Waals surface area (Å²) in [5.41, 5.74) is 7.60. The van der Waals surface area contributed by atoms with Gasteiger partial charge in [0.25, 0.3) is 5.56 Å². The highest BCUT2D eigenvalue weighted by molar-refractivity contribution is 7.07. The first-order valence-corrected chi connectivity index (χ1v) is 14.5. The van der Waals surface area contributed by atoms with Crippen LogP contribution >= 0.6 is 22.9 Å². The fraction of sp³-hybridized carbons (Fsp3) is 0.118. The second-order valence-electron chi connectivity index (χ2n) is 9.98. The highest BCUT2D eigenvalue weighted by Crippen LogP contribution is 2.41. The van der Waals surface area contributed by atoms with Crippen LogP contribution in [-0.2, 0) is 13.0 Å². The third-order valence-electron chi connectivity index (χ3n) is 7.50. The van der Waals surface area contributed by atoms with Crippen molar-refractivity contribution in [3.63, 3.8) is 0 Å². The number of rotatable bonds is 5. The van der Waals surface area contributed by atoms with E-state index in [4.69, 9.17) is 21.3 Å². The molecular formula is C34H25ClN2O2S. The van der Waals surface area contributed by atoms with Gasteiger partial charge < -0.3 is 4.74 Å². The molecule has 2 heterocycles. The molecule has 0 spiro atoms. The summed E-state index contributed by atoms with van der Waals surface area (Å²) >= 11 is 7.73. The normalized spacial score (nSPS) is 16.1. The maximum absolute atomic E-state index is 14.0. The van der Waals surface area contributed by atoms with E-state index in [1.165, 1.54) is 28.0 Å². The van der Waals surface area contributed by atoms with E-state index in [0.717, 1.165) is 45.8 Å². The molecule has 1 aliphatic carbocycles. The Morgan fingerprint density at radius 2 is 1.73 bits per heavy atom. The van der Waals surface area contributed by atoms with Crippen molar-refractivity contribution in [2.75, 3.05) is 0 Å². The Labute approximate surface area is 240 Å². The van der Waals surface area contributed by atoms with Crippen LogP contribution in [0, 0.1) is 0 Å². The van der Waals surface area contributed by atoms with Crippen molar-refractivity contribution in [2.24, 2.45) is 4.99 Å². The first-order chi connectivity index (χ1) is 19.7. The molecule has 6 heteroatoms. The van der Waals surface area contributed by atoms with E-state index in [-0.39, 0.29) is 11.6 Å². The molecule has 0 saturated carbocycles. The van der Waals surface area contributed by atoms with Gasteiger partial charge in [0.1, 0.15) is 12.4 Å². The Hall–Kier alpha value is -4.19. The minimum Gasteiger partial charge on any atom is -0.489 e. The van der Waals surface area contributed by atoms with Crippen molar-refractivity contribution in [1.82, 2.24) is 4.57 Å². The molecule has 196 valence electrons. The number of thiazole rings is 1. The number of hydrogen-bond acceptors (Lipinski definition) is 4. The summed E-state index contributed by atoms with van der Waals surface area (Å²) in [7, 11) is 0. The lowest BCUT2D eigenvalue weighted by molar-refractivity contribution is 0.306. The van der Waals surface area contributed by atoms with Crippen molar-refractivity contribution in [3.8, 4) is 5.75 Å². The zero-order valence-electron chi connectivity index (χ0n) is 21.6. The van der Waals surface area contributed by atoms with E-state index in [1.54, 1.807) is 0 Å². The predicted molar refractivity (Wildman–Crippen MR) is 161 cm³/mol. The molecule has 40 heavy (non-hydrogen) atoms. The van der Waals surface area contributed by atoms with E-state index in [0.29, 0.717) is 16.2 Å². The SMILES string of the molecule is O=c1/c(=C/c2cccc(OCc3ccccc3Cl)c2)sc2n1[C@@H](c1ccccc1)C1=C(N=2)c2ccccc2CC1. The average Bonchev–Trinajstić information content (AvgIpc) is 3.30. The topological polar surface area (TPSA) is 43.6 Å². The molecule has 4 aromatic carbocycles. The van der Waals surface area contributed by atoms with Crippen molar-refractivity contribution in [1.29, 1.82) is 0 Å². The van der Waals surface area contributed by atoms with Crippen LogP contribution in [0.5, 0.6) is 5.75 Å². The van der Waals surface area contributed by atoms with Gasteiger partial charge in [-0.1, -0.05) is 108 Å². The van der Waals surface area contributed by atoms with Gasteiger partial charge in [-0.15, -0.1) is 0 Å². The van der Waals surface area contributed by atoms with Crippen LogP contribution in [0.1, 0.15) is 40.3 Å². The van der Waals surface area contributed by atoms with Crippen molar-refractivity contribution in [3.05, 3.63) is 161 Å². The first kappa shape index (κ1) is 24.8. The average molecular weight is 561 g/mol. The van der Waals surface area contributed by atoms with Gasteiger partial charge >= 0.3 is 0 Å². The van der Waals surface area contributed by atoms with E-state index >= 15 is 0 Å². The van der Waals surface area contributed by atoms with E-state index in [2.05, 4.69) is 36.4 Å². The molecule has 4 nitrogen and oxygen atoms in total. The summed E-state index contributed by atoms with van der Waals surface area (Å²) in [5, 5.41) is 0.679. The number of aromatic nitrogens is 1. The predicted octanol–water partition coefficient (Wildman–Crippen LogP) is 6.55. The summed E-state index contributed by atoms with van der Waals surface area (Å²) in [6, 6.07) is 34.1. The standard InChI is InChI=1S/C34H25ClN2O2S/c35-29-16-7-5-13-25(29)21-39-26-14-8-9-22(19-26)20-30-33(38)37-32(24-11-2-1-3-12-24)28-18-17-23-10-4-6-15-27(23)31(28)36-34(37)40-30/h1-16,19-20,32H,17-18,21H2/b30-20-/t32-/m0/s1. The Kier molecular flexibility index (Phi) is 6.46. The molecule has 5 aromatic rings. The zero-order valence-corrected chi connectivity index (χ0v) is 23.2. The summed E-state index contributed by atoms with van der Waals surface area (Å²) in [5.74, 6) is 0.718.